The van der Waals surface area contributed by atoms with Crippen LogP contribution in [0.2, 0.25) is 0 Å². The summed E-state index contributed by atoms with van der Waals surface area (Å²) >= 11 is 0. The molecule has 1 aromatic carbocycles. The molecule has 1 aromatic rings. The predicted octanol–water partition coefficient (Wildman–Crippen LogP) is 4.07. The summed E-state index contributed by atoms with van der Waals surface area (Å²) in [5.74, 6) is 1.42. The Morgan fingerprint density at radius 1 is 1.35 bits per heavy atom. The van der Waals surface area contributed by atoms with Gasteiger partial charge in [0.1, 0.15) is 5.76 Å². The summed E-state index contributed by atoms with van der Waals surface area (Å²) in [5.41, 5.74) is 0.574. The van der Waals surface area contributed by atoms with Crippen LogP contribution >= 0.6 is 19.9 Å². The van der Waals surface area contributed by atoms with Gasteiger partial charge < -0.3 is 4.74 Å². The molecular weight excluding hydrogens is 256 g/mol. The number of ether oxygens (including phenoxy) is 1. The number of carbonyl (C=O) groups excluding carboxylic acids is 1. The van der Waals surface area contributed by atoms with Gasteiger partial charge >= 0.3 is 5.97 Å². The molecule has 0 aromatic heterocycles. The molecule has 2 rings (SSSR count). The minimum absolute atomic E-state index is 0.300. The minimum atomic E-state index is -1.23. The number of carbonyl (C=O) groups is 1. The molecule has 1 unspecified atom stereocenters. The van der Waals surface area contributed by atoms with Crippen LogP contribution in [0.3, 0.4) is 0 Å². The molecule has 1 aliphatic heterocycles. The van der Waals surface area contributed by atoms with E-state index in [-0.39, 0.29) is 5.97 Å². The molecule has 2 nitrogen and oxygen atoms in total. The van der Waals surface area contributed by atoms with Gasteiger partial charge in [0.25, 0.3) is 0 Å². The molecule has 17 heavy (non-hydrogen) atoms. The van der Waals surface area contributed by atoms with Crippen molar-refractivity contribution in [2.24, 2.45) is 0 Å². The van der Waals surface area contributed by atoms with Crippen LogP contribution in [0.1, 0.15) is 23.2 Å². The first-order valence-corrected chi connectivity index (χ1v) is 8.60. The summed E-state index contributed by atoms with van der Waals surface area (Å²) in [6.07, 6.45) is 3.81. The number of hydrogen-bond acceptors (Lipinski definition) is 2. The van der Waals surface area contributed by atoms with Gasteiger partial charge in [-0.3, -0.25) is 0 Å². The lowest BCUT2D eigenvalue weighted by Crippen LogP contribution is -2.09. The average Bonchev–Trinajstić information content (AvgIpc) is 2.29. The van der Waals surface area contributed by atoms with Gasteiger partial charge in [0.05, 0.1) is 5.56 Å². The van der Waals surface area contributed by atoms with E-state index in [0.29, 0.717) is 5.56 Å². The standard InChI is InChI=1S/C13H15ClO2S/c1-17(14)9-5-8-12(10-17)16-13(15)11-6-3-2-4-7-11/h2-4,6-7,10H,5,8-9H2,1H3. The zero-order chi connectivity index (χ0) is 12.3. The Bertz CT molecular complexity index is 440. The second-order valence-electron chi connectivity index (χ2n) is 4.19. The van der Waals surface area contributed by atoms with Crippen LogP contribution in [0.25, 0.3) is 0 Å². The largest absolute Gasteiger partial charge is 0.427 e. The third kappa shape index (κ3) is 3.51. The predicted molar refractivity (Wildman–Crippen MR) is 73.4 cm³/mol. The van der Waals surface area contributed by atoms with Crippen molar-refractivity contribution in [1.82, 2.24) is 0 Å². The molecule has 1 atom stereocenters. The lowest BCUT2D eigenvalue weighted by atomic mass is 10.2. The van der Waals surface area contributed by atoms with Gasteiger partial charge in [-0.2, -0.15) is 0 Å². The lowest BCUT2D eigenvalue weighted by Gasteiger charge is -2.29. The molecule has 0 spiro atoms. The molecule has 0 N–H and O–H groups in total. The molecule has 0 saturated heterocycles. The Morgan fingerprint density at radius 2 is 2.06 bits per heavy atom. The van der Waals surface area contributed by atoms with Crippen molar-refractivity contribution in [1.29, 1.82) is 0 Å². The van der Waals surface area contributed by atoms with Crippen LogP contribution in [-0.2, 0) is 4.74 Å². The first-order valence-electron chi connectivity index (χ1n) is 5.50. The van der Waals surface area contributed by atoms with Crippen LogP contribution in [0.4, 0.5) is 0 Å². The van der Waals surface area contributed by atoms with Crippen LogP contribution in [0.15, 0.2) is 41.5 Å². The topological polar surface area (TPSA) is 26.3 Å². The van der Waals surface area contributed by atoms with Crippen molar-refractivity contribution < 1.29 is 9.53 Å². The summed E-state index contributed by atoms with van der Waals surface area (Å²) in [5, 5.41) is 1.93. The van der Waals surface area contributed by atoms with E-state index in [2.05, 4.69) is 0 Å². The molecule has 0 amide bonds. The number of hydrogen-bond donors (Lipinski definition) is 0. The molecule has 0 fully saturated rings. The molecule has 0 radical (unpaired) electrons. The fourth-order valence-corrected chi connectivity index (χ4v) is 3.91. The van der Waals surface area contributed by atoms with E-state index in [1.54, 1.807) is 12.1 Å². The molecule has 0 saturated carbocycles. The summed E-state index contributed by atoms with van der Waals surface area (Å²) in [7, 11) is 5.09. The normalized spacial score (nSPS) is 27.8. The quantitative estimate of drug-likeness (QED) is 0.758. The summed E-state index contributed by atoms with van der Waals surface area (Å²) in [4.78, 5) is 11.8. The number of rotatable bonds is 2. The fourth-order valence-electron chi connectivity index (χ4n) is 1.75. The van der Waals surface area contributed by atoms with Crippen LogP contribution in [-0.4, -0.2) is 18.0 Å². The van der Waals surface area contributed by atoms with Gasteiger partial charge in [-0.05, 0) is 30.6 Å². The highest BCUT2D eigenvalue weighted by Crippen LogP contribution is 2.55. The van der Waals surface area contributed by atoms with E-state index in [0.717, 1.165) is 24.4 Å². The Kier molecular flexibility index (Phi) is 3.79. The highest BCUT2D eigenvalue weighted by atomic mass is 35.7. The first-order chi connectivity index (χ1) is 8.07. The lowest BCUT2D eigenvalue weighted by molar-refractivity contribution is 0.0614. The zero-order valence-corrected chi connectivity index (χ0v) is 11.3. The number of benzene rings is 1. The maximum atomic E-state index is 11.8. The summed E-state index contributed by atoms with van der Waals surface area (Å²) in [6.45, 7) is 0. The van der Waals surface area contributed by atoms with Crippen LogP contribution < -0.4 is 0 Å². The summed E-state index contributed by atoms with van der Waals surface area (Å²) < 4.78 is 5.37. The van der Waals surface area contributed by atoms with Crippen molar-refractivity contribution in [3.05, 3.63) is 47.1 Å². The molecule has 4 heteroatoms. The second kappa shape index (κ2) is 5.15. The SMILES string of the molecule is CS1(Cl)C=C(OC(=O)c2ccccc2)CCC1. The van der Waals surface area contributed by atoms with Crippen molar-refractivity contribution >= 4 is 25.9 Å². The summed E-state index contributed by atoms with van der Waals surface area (Å²) in [6, 6.07) is 9.01. The highest BCUT2D eigenvalue weighted by Gasteiger charge is 2.21. The van der Waals surface area contributed by atoms with E-state index >= 15 is 0 Å². The van der Waals surface area contributed by atoms with Gasteiger partial charge in [-0.15, -0.1) is 9.24 Å². The smallest absolute Gasteiger partial charge is 0.343 e. The van der Waals surface area contributed by atoms with E-state index in [9.17, 15) is 4.79 Å². The van der Waals surface area contributed by atoms with Crippen LogP contribution in [0.5, 0.6) is 0 Å². The molecular formula is C13H15ClO2S. The van der Waals surface area contributed by atoms with Crippen molar-refractivity contribution in [2.45, 2.75) is 12.8 Å². The number of allylic oxidation sites excluding steroid dienone is 1. The van der Waals surface area contributed by atoms with E-state index in [1.165, 1.54) is 0 Å². The fraction of sp³-hybridized carbons (Fsp3) is 0.308. The van der Waals surface area contributed by atoms with Gasteiger partial charge in [-0.1, -0.05) is 28.9 Å². The third-order valence-electron chi connectivity index (χ3n) is 2.58. The molecule has 1 aliphatic rings. The molecule has 92 valence electrons. The first kappa shape index (κ1) is 12.5. The van der Waals surface area contributed by atoms with Crippen LogP contribution in [0, 0.1) is 0 Å². The molecule has 0 aliphatic carbocycles. The van der Waals surface area contributed by atoms with Gasteiger partial charge in [-0.25, -0.2) is 4.79 Å². The molecule has 1 heterocycles. The van der Waals surface area contributed by atoms with E-state index < -0.39 is 9.24 Å². The van der Waals surface area contributed by atoms with Crippen molar-refractivity contribution in [2.75, 3.05) is 12.0 Å². The zero-order valence-electron chi connectivity index (χ0n) is 9.69. The maximum Gasteiger partial charge on any atom is 0.343 e. The van der Waals surface area contributed by atoms with Gasteiger partial charge in [0.15, 0.2) is 0 Å². The van der Waals surface area contributed by atoms with E-state index in [1.807, 2.05) is 29.9 Å². The Labute approximate surface area is 107 Å². The third-order valence-corrected chi connectivity index (χ3v) is 5.15. The monoisotopic (exact) mass is 270 g/mol. The maximum absolute atomic E-state index is 11.8. The number of esters is 1. The highest BCUT2D eigenvalue weighted by molar-refractivity contribution is 8.52. The number of halogens is 1. The van der Waals surface area contributed by atoms with Gasteiger partial charge in [0, 0.05) is 11.8 Å². The second-order valence-corrected chi connectivity index (χ2v) is 9.04. The van der Waals surface area contributed by atoms with E-state index in [4.69, 9.17) is 15.4 Å². The minimum Gasteiger partial charge on any atom is -0.427 e. The van der Waals surface area contributed by atoms with Crippen molar-refractivity contribution in [3.63, 3.8) is 0 Å². The van der Waals surface area contributed by atoms with Gasteiger partial charge in [0.2, 0.25) is 0 Å². The van der Waals surface area contributed by atoms with Crippen molar-refractivity contribution in [3.8, 4) is 0 Å². The molecule has 0 bridgehead atoms. The Balaban J connectivity index is 2.07. The Morgan fingerprint density at radius 3 is 2.71 bits per heavy atom. The Hall–Kier alpha value is -0.930. The average molecular weight is 271 g/mol.